The molecule has 0 saturated heterocycles. The average molecular weight is 314 g/mol. The lowest BCUT2D eigenvalue weighted by Gasteiger charge is -2.52. The minimum atomic E-state index is -0.108. The zero-order chi connectivity index (χ0) is 16.2. The molecule has 0 aliphatic heterocycles. The van der Waals surface area contributed by atoms with Gasteiger partial charge >= 0.3 is 0 Å². The van der Waals surface area contributed by atoms with Crippen LogP contribution >= 0.6 is 0 Å². The first-order chi connectivity index (χ1) is 11.0. The molecule has 4 aliphatic carbocycles. The molecular weight excluding hydrogens is 284 g/mol. The highest BCUT2D eigenvalue weighted by Gasteiger charge is 2.55. The summed E-state index contributed by atoms with van der Waals surface area (Å²) in [6, 6.07) is 0. The molecule has 0 bridgehead atoms. The molecule has 2 heteroatoms. The second kappa shape index (κ2) is 5.58. The van der Waals surface area contributed by atoms with Crippen LogP contribution in [-0.4, -0.2) is 17.0 Å². The fourth-order valence-electron chi connectivity index (χ4n) is 6.41. The van der Waals surface area contributed by atoms with Gasteiger partial charge in [-0.25, -0.2) is 0 Å². The Morgan fingerprint density at radius 2 is 2.04 bits per heavy atom. The first kappa shape index (κ1) is 15.6. The van der Waals surface area contributed by atoms with Crippen LogP contribution in [0.15, 0.2) is 22.8 Å². The molecule has 5 unspecified atom stereocenters. The van der Waals surface area contributed by atoms with Crippen molar-refractivity contribution in [2.45, 2.75) is 77.7 Å². The Bertz CT molecular complexity index is 585. The largest absolute Gasteiger partial charge is 0.393 e. The Morgan fingerprint density at radius 1 is 1.22 bits per heavy atom. The topological polar surface area (TPSA) is 37.3 Å². The molecule has 4 rings (SSSR count). The van der Waals surface area contributed by atoms with Gasteiger partial charge in [-0.3, -0.25) is 4.79 Å². The van der Waals surface area contributed by atoms with E-state index in [2.05, 4.69) is 13.8 Å². The van der Waals surface area contributed by atoms with Crippen molar-refractivity contribution in [2.24, 2.45) is 23.2 Å². The van der Waals surface area contributed by atoms with Crippen LogP contribution in [-0.2, 0) is 4.79 Å². The number of fused-ring (bicyclic) bond motifs is 4. The Hall–Kier alpha value is -0.890. The first-order valence-electron chi connectivity index (χ1n) is 9.69. The highest BCUT2D eigenvalue weighted by Crippen LogP contribution is 2.62. The van der Waals surface area contributed by atoms with Gasteiger partial charge in [0.15, 0.2) is 5.78 Å². The van der Waals surface area contributed by atoms with E-state index < -0.39 is 0 Å². The second-order valence-electron chi connectivity index (χ2n) is 8.61. The summed E-state index contributed by atoms with van der Waals surface area (Å²) < 4.78 is 0. The predicted octanol–water partition coefficient (Wildman–Crippen LogP) is 4.58. The van der Waals surface area contributed by atoms with Gasteiger partial charge in [-0.15, -0.1) is 0 Å². The highest BCUT2D eigenvalue weighted by molar-refractivity contribution is 5.93. The number of allylic oxidation sites excluding steroid dienone is 4. The molecule has 0 aromatic carbocycles. The summed E-state index contributed by atoms with van der Waals surface area (Å²) in [5.74, 6) is 2.28. The molecular formula is C21H30O2. The van der Waals surface area contributed by atoms with Crippen molar-refractivity contribution in [3.05, 3.63) is 22.8 Å². The summed E-state index contributed by atoms with van der Waals surface area (Å²) in [7, 11) is 0. The molecule has 0 amide bonds. The minimum Gasteiger partial charge on any atom is -0.393 e. The third-order valence-electron chi connectivity index (χ3n) is 7.43. The molecule has 0 heterocycles. The van der Waals surface area contributed by atoms with E-state index in [0.29, 0.717) is 30.0 Å². The number of hydrogen-bond donors (Lipinski definition) is 1. The molecule has 2 nitrogen and oxygen atoms in total. The van der Waals surface area contributed by atoms with Gasteiger partial charge in [0.2, 0.25) is 0 Å². The minimum absolute atomic E-state index is 0.108. The summed E-state index contributed by atoms with van der Waals surface area (Å²) in [6.07, 6.45) is 11.6. The number of aliphatic hydroxyl groups excluding tert-OH is 1. The number of carbonyl (C=O) groups is 1. The van der Waals surface area contributed by atoms with Gasteiger partial charge in [0.25, 0.3) is 0 Å². The van der Waals surface area contributed by atoms with Crippen molar-refractivity contribution in [2.75, 3.05) is 0 Å². The van der Waals surface area contributed by atoms with E-state index in [1.54, 1.807) is 11.1 Å². The van der Waals surface area contributed by atoms with E-state index in [1.165, 1.54) is 31.3 Å². The monoisotopic (exact) mass is 314 g/mol. The predicted molar refractivity (Wildman–Crippen MR) is 91.9 cm³/mol. The van der Waals surface area contributed by atoms with E-state index in [0.717, 1.165) is 25.7 Å². The van der Waals surface area contributed by atoms with Crippen LogP contribution < -0.4 is 0 Å². The third kappa shape index (κ3) is 2.28. The number of aliphatic hydroxyl groups is 1. The van der Waals surface area contributed by atoms with Crippen molar-refractivity contribution < 1.29 is 9.90 Å². The normalized spacial score (nSPS) is 42.9. The van der Waals surface area contributed by atoms with Gasteiger partial charge in [-0.05, 0) is 85.3 Å². The molecule has 23 heavy (non-hydrogen) atoms. The van der Waals surface area contributed by atoms with Crippen molar-refractivity contribution in [1.82, 2.24) is 0 Å². The van der Waals surface area contributed by atoms with E-state index in [4.69, 9.17) is 0 Å². The lowest BCUT2D eigenvalue weighted by Crippen LogP contribution is -2.45. The molecule has 0 radical (unpaired) electrons. The SMILES string of the molecule is CCCC1CC2(C)C(O)CCC2C2CCC3=CC(=O)CCC3=C12. The maximum absolute atomic E-state index is 11.8. The molecule has 2 fully saturated rings. The van der Waals surface area contributed by atoms with Crippen LogP contribution in [0.25, 0.3) is 0 Å². The van der Waals surface area contributed by atoms with E-state index >= 15 is 0 Å². The summed E-state index contributed by atoms with van der Waals surface area (Å²) >= 11 is 0. The van der Waals surface area contributed by atoms with Crippen LogP contribution in [0.3, 0.4) is 0 Å². The van der Waals surface area contributed by atoms with Gasteiger partial charge in [0.1, 0.15) is 0 Å². The van der Waals surface area contributed by atoms with Gasteiger partial charge in [0.05, 0.1) is 6.10 Å². The lowest BCUT2D eigenvalue weighted by molar-refractivity contribution is -0.114. The quantitative estimate of drug-likeness (QED) is 0.810. The smallest absolute Gasteiger partial charge is 0.156 e. The third-order valence-corrected chi connectivity index (χ3v) is 7.43. The molecule has 126 valence electrons. The van der Waals surface area contributed by atoms with Crippen molar-refractivity contribution >= 4 is 5.78 Å². The number of carbonyl (C=O) groups excluding carboxylic acids is 1. The van der Waals surface area contributed by atoms with Crippen LogP contribution in [0, 0.1) is 23.2 Å². The number of hydrogen-bond acceptors (Lipinski definition) is 2. The van der Waals surface area contributed by atoms with Crippen molar-refractivity contribution in [3.63, 3.8) is 0 Å². The molecule has 1 N–H and O–H groups in total. The Morgan fingerprint density at radius 3 is 2.83 bits per heavy atom. The summed E-state index contributed by atoms with van der Waals surface area (Å²) in [4.78, 5) is 11.8. The standard InChI is InChI=1S/C21H30O2/c1-3-4-14-12-21(2)18(9-10-19(21)23)17-7-5-13-11-15(22)6-8-16(13)20(14)17/h11,14,17-19,23H,3-10,12H2,1-2H3. The number of ketones is 1. The first-order valence-corrected chi connectivity index (χ1v) is 9.69. The van der Waals surface area contributed by atoms with Crippen LogP contribution in [0.1, 0.15) is 71.6 Å². The van der Waals surface area contributed by atoms with Crippen molar-refractivity contribution in [3.8, 4) is 0 Å². The van der Waals surface area contributed by atoms with Crippen LogP contribution in [0.5, 0.6) is 0 Å². The molecule has 0 aromatic rings. The summed E-state index contributed by atoms with van der Waals surface area (Å²) in [5.41, 5.74) is 4.76. The van der Waals surface area contributed by atoms with E-state index in [9.17, 15) is 9.90 Å². The second-order valence-corrected chi connectivity index (χ2v) is 8.61. The van der Waals surface area contributed by atoms with Gasteiger partial charge < -0.3 is 5.11 Å². The van der Waals surface area contributed by atoms with Crippen molar-refractivity contribution in [1.29, 1.82) is 0 Å². The van der Waals surface area contributed by atoms with Crippen LogP contribution in [0.2, 0.25) is 0 Å². The summed E-state index contributed by atoms with van der Waals surface area (Å²) in [5, 5.41) is 10.7. The van der Waals surface area contributed by atoms with Crippen LogP contribution in [0.4, 0.5) is 0 Å². The van der Waals surface area contributed by atoms with E-state index in [-0.39, 0.29) is 11.5 Å². The Balaban J connectivity index is 1.80. The van der Waals surface area contributed by atoms with Gasteiger partial charge in [0, 0.05) is 6.42 Å². The molecule has 5 atom stereocenters. The lowest BCUT2D eigenvalue weighted by atomic mass is 9.53. The number of rotatable bonds is 2. The fourth-order valence-corrected chi connectivity index (χ4v) is 6.41. The zero-order valence-corrected chi connectivity index (χ0v) is 14.6. The maximum Gasteiger partial charge on any atom is 0.156 e. The Labute approximate surface area is 140 Å². The highest BCUT2D eigenvalue weighted by atomic mass is 16.3. The summed E-state index contributed by atoms with van der Waals surface area (Å²) in [6.45, 7) is 4.64. The average Bonchev–Trinajstić information content (AvgIpc) is 2.82. The molecule has 4 aliphatic rings. The Kier molecular flexibility index (Phi) is 3.79. The fraction of sp³-hybridized carbons (Fsp3) is 0.762. The molecule has 0 spiro atoms. The van der Waals surface area contributed by atoms with Gasteiger partial charge in [-0.1, -0.05) is 25.8 Å². The maximum atomic E-state index is 11.8. The van der Waals surface area contributed by atoms with E-state index in [1.807, 2.05) is 6.08 Å². The van der Waals surface area contributed by atoms with Gasteiger partial charge in [-0.2, -0.15) is 0 Å². The zero-order valence-electron chi connectivity index (χ0n) is 14.6. The molecule has 0 aromatic heterocycles. The molecule has 2 saturated carbocycles.